The Morgan fingerprint density at radius 1 is 1.00 bits per heavy atom. The molecule has 5 heteroatoms. The largest absolute Gasteiger partial charge is 0.454 e. The standard InChI is InChI=1S/C18H22N4O/c19-18-20-11-17(12-21-18)23-16-5-4-13-6-8-22(15-2-1-3-15)9-7-14(13)10-16/h4-5,10-12,15H,1-3,6-9H2,(H2,19,20,21). The van der Waals surface area contributed by atoms with Crippen molar-refractivity contribution in [3.8, 4) is 11.5 Å². The van der Waals surface area contributed by atoms with Gasteiger partial charge in [0.25, 0.3) is 0 Å². The number of benzene rings is 1. The lowest BCUT2D eigenvalue weighted by Gasteiger charge is -2.36. The highest BCUT2D eigenvalue weighted by Crippen LogP contribution is 2.29. The highest BCUT2D eigenvalue weighted by Gasteiger charge is 2.26. The summed E-state index contributed by atoms with van der Waals surface area (Å²) in [5, 5.41) is 0. The lowest BCUT2D eigenvalue weighted by Crippen LogP contribution is -2.41. The number of hydrogen-bond donors (Lipinski definition) is 1. The third-order valence-electron chi connectivity index (χ3n) is 4.99. The van der Waals surface area contributed by atoms with Gasteiger partial charge in [-0.3, -0.25) is 4.90 Å². The normalized spacial score (nSPS) is 18.8. The van der Waals surface area contributed by atoms with Crippen molar-refractivity contribution < 1.29 is 4.74 Å². The molecule has 2 N–H and O–H groups in total. The topological polar surface area (TPSA) is 64.3 Å². The SMILES string of the molecule is Nc1ncc(Oc2ccc3c(c2)CCN(C2CCC2)CC3)cn1. The summed E-state index contributed by atoms with van der Waals surface area (Å²) in [5.41, 5.74) is 8.35. The maximum atomic E-state index is 5.85. The minimum atomic E-state index is 0.260. The van der Waals surface area contributed by atoms with Crippen LogP contribution >= 0.6 is 0 Å². The van der Waals surface area contributed by atoms with Crippen LogP contribution in [0, 0.1) is 0 Å². The molecule has 2 heterocycles. The number of aromatic nitrogens is 2. The molecule has 0 saturated heterocycles. The summed E-state index contributed by atoms with van der Waals surface area (Å²) in [6.45, 7) is 2.34. The predicted octanol–water partition coefficient (Wildman–Crippen LogP) is 2.80. The van der Waals surface area contributed by atoms with Gasteiger partial charge in [-0.1, -0.05) is 12.5 Å². The van der Waals surface area contributed by atoms with Crippen LogP contribution in [0.1, 0.15) is 30.4 Å². The second kappa shape index (κ2) is 6.16. The van der Waals surface area contributed by atoms with Crippen molar-refractivity contribution >= 4 is 5.95 Å². The van der Waals surface area contributed by atoms with E-state index in [4.69, 9.17) is 10.5 Å². The summed E-state index contributed by atoms with van der Waals surface area (Å²) in [6, 6.07) is 7.23. The number of fused-ring (bicyclic) bond motifs is 1. The zero-order valence-corrected chi connectivity index (χ0v) is 13.2. The number of hydrogen-bond acceptors (Lipinski definition) is 5. The zero-order chi connectivity index (χ0) is 15.6. The molecule has 1 aromatic carbocycles. The summed E-state index contributed by atoms with van der Waals surface area (Å²) in [4.78, 5) is 10.6. The highest BCUT2D eigenvalue weighted by molar-refractivity contribution is 5.39. The van der Waals surface area contributed by atoms with Crippen molar-refractivity contribution in [2.45, 2.75) is 38.1 Å². The molecule has 23 heavy (non-hydrogen) atoms. The molecule has 2 aliphatic rings. The number of nitrogens with zero attached hydrogens (tertiary/aromatic N) is 3. The summed E-state index contributed by atoms with van der Waals surface area (Å²) < 4.78 is 5.85. The molecule has 0 bridgehead atoms. The first-order chi connectivity index (χ1) is 11.3. The fourth-order valence-corrected chi connectivity index (χ4v) is 3.41. The third kappa shape index (κ3) is 3.15. The third-order valence-corrected chi connectivity index (χ3v) is 4.99. The van der Waals surface area contributed by atoms with E-state index in [0.717, 1.165) is 31.2 Å². The molecule has 0 unspecified atom stereocenters. The van der Waals surface area contributed by atoms with Gasteiger partial charge in [0, 0.05) is 19.1 Å². The van der Waals surface area contributed by atoms with Crippen LogP contribution in [0.2, 0.25) is 0 Å². The lowest BCUT2D eigenvalue weighted by molar-refractivity contribution is 0.133. The second-order valence-electron chi connectivity index (χ2n) is 6.43. The van der Waals surface area contributed by atoms with Crippen molar-refractivity contribution in [1.82, 2.24) is 14.9 Å². The van der Waals surface area contributed by atoms with Crippen molar-refractivity contribution in [3.05, 3.63) is 41.7 Å². The molecule has 0 radical (unpaired) electrons. The van der Waals surface area contributed by atoms with E-state index in [2.05, 4.69) is 27.0 Å². The van der Waals surface area contributed by atoms with Gasteiger partial charge in [0.05, 0.1) is 12.4 Å². The molecule has 5 nitrogen and oxygen atoms in total. The number of nitrogen functional groups attached to an aromatic ring is 1. The predicted molar refractivity (Wildman–Crippen MR) is 89.6 cm³/mol. The van der Waals surface area contributed by atoms with E-state index < -0.39 is 0 Å². The van der Waals surface area contributed by atoms with Crippen molar-refractivity contribution in [2.24, 2.45) is 0 Å². The summed E-state index contributed by atoms with van der Waals surface area (Å²) in [7, 11) is 0. The zero-order valence-electron chi connectivity index (χ0n) is 13.2. The minimum absolute atomic E-state index is 0.260. The summed E-state index contributed by atoms with van der Waals surface area (Å²) in [5.74, 6) is 1.72. The Hall–Kier alpha value is -2.14. The van der Waals surface area contributed by atoms with Crippen molar-refractivity contribution in [1.29, 1.82) is 0 Å². The Balaban J connectivity index is 1.48. The monoisotopic (exact) mass is 310 g/mol. The fourth-order valence-electron chi connectivity index (χ4n) is 3.41. The van der Waals surface area contributed by atoms with Crippen LogP contribution in [-0.4, -0.2) is 34.0 Å². The molecule has 120 valence electrons. The first kappa shape index (κ1) is 14.5. The molecule has 0 spiro atoms. The van der Waals surface area contributed by atoms with Gasteiger partial charge < -0.3 is 10.5 Å². The Morgan fingerprint density at radius 2 is 1.74 bits per heavy atom. The lowest BCUT2D eigenvalue weighted by atomic mass is 9.91. The minimum Gasteiger partial charge on any atom is -0.454 e. The fraction of sp³-hybridized carbons (Fsp3) is 0.444. The Kier molecular flexibility index (Phi) is 3.87. The summed E-state index contributed by atoms with van der Waals surface area (Å²) >= 11 is 0. The first-order valence-electron chi connectivity index (χ1n) is 8.39. The van der Waals surface area contributed by atoms with Crippen LogP contribution in [0.3, 0.4) is 0 Å². The Bertz CT molecular complexity index is 682. The van der Waals surface area contributed by atoms with E-state index in [1.165, 1.54) is 36.9 Å². The Morgan fingerprint density at radius 3 is 2.43 bits per heavy atom. The van der Waals surface area contributed by atoms with Gasteiger partial charge in [-0.15, -0.1) is 0 Å². The van der Waals surface area contributed by atoms with Gasteiger partial charge >= 0.3 is 0 Å². The molecule has 2 aromatic rings. The van der Waals surface area contributed by atoms with Crippen molar-refractivity contribution in [3.63, 3.8) is 0 Å². The maximum absolute atomic E-state index is 5.85. The van der Waals surface area contributed by atoms with E-state index in [9.17, 15) is 0 Å². The molecule has 1 saturated carbocycles. The average molecular weight is 310 g/mol. The van der Waals surface area contributed by atoms with Crippen LogP contribution in [0.5, 0.6) is 11.5 Å². The molecule has 0 amide bonds. The van der Waals surface area contributed by atoms with Gasteiger partial charge in [-0.25, -0.2) is 9.97 Å². The molecule has 1 aliphatic heterocycles. The van der Waals surface area contributed by atoms with E-state index in [-0.39, 0.29) is 5.95 Å². The van der Waals surface area contributed by atoms with Crippen LogP contribution in [0.25, 0.3) is 0 Å². The van der Waals surface area contributed by atoms with E-state index in [0.29, 0.717) is 5.75 Å². The van der Waals surface area contributed by atoms with Gasteiger partial charge in [0.2, 0.25) is 5.95 Å². The van der Waals surface area contributed by atoms with Gasteiger partial charge in [-0.2, -0.15) is 0 Å². The van der Waals surface area contributed by atoms with Crippen molar-refractivity contribution in [2.75, 3.05) is 18.8 Å². The molecular formula is C18H22N4O. The summed E-state index contributed by atoms with van der Waals surface area (Å²) in [6.07, 6.45) is 9.59. The maximum Gasteiger partial charge on any atom is 0.220 e. The number of rotatable bonds is 3. The van der Waals surface area contributed by atoms with E-state index in [1.54, 1.807) is 12.4 Å². The number of anilines is 1. The number of nitrogens with two attached hydrogens (primary N) is 1. The quantitative estimate of drug-likeness (QED) is 0.944. The van der Waals surface area contributed by atoms with Gasteiger partial charge in [0.1, 0.15) is 5.75 Å². The molecule has 1 fully saturated rings. The second-order valence-corrected chi connectivity index (χ2v) is 6.43. The van der Waals surface area contributed by atoms with Gasteiger partial charge in [-0.05, 0) is 48.9 Å². The molecular weight excluding hydrogens is 288 g/mol. The molecule has 0 atom stereocenters. The smallest absolute Gasteiger partial charge is 0.220 e. The van der Waals surface area contributed by atoms with E-state index in [1.807, 2.05) is 6.07 Å². The van der Waals surface area contributed by atoms with Crippen LogP contribution < -0.4 is 10.5 Å². The molecule has 4 rings (SSSR count). The Labute approximate surface area is 136 Å². The van der Waals surface area contributed by atoms with Gasteiger partial charge in [0.15, 0.2) is 5.75 Å². The van der Waals surface area contributed by atoms with Crippen LogP contribution in [0.15, 0.2) is 30.6 Å². The average Bonchev–Trinajstić information content (AvgIpc) is 2.71. The van der Waals surface area contributed by atoms with Crippen LogP contribution in [-0.2, 0) is 12.8 Å². The highest BCUT2D eigenvalue weighted by atomic mass is 16.5. The number of ether oxygens (including phenoxy) is 1. The van der Waals surface area contributed by atoms with Crippen LogP contribution in [0.4, 0.5) is 5.95 Å². The van der Waals surface area contributed by atoms with E-state index >= 15 is 0 Å². The molecule has 1 aliphatic carbocycles. The molecule has 1 aromatic heterocycles. The first-order valence-corrected chi connectivity index (χ1v) is 8.39.